The molecule has 0 heterocycles. The van der Waals surface area contributed by atoms with E-state index in [-0.39, 0.29) is 29.8 Å². The van der Waals surface area contributed by atoms with Crippen molar-refractivity contribution in [3.63, 3.8) is 0 Å². The van der Waals surface area contributed by atoms with Crippen LogP contribution in [-0.2, 0) is 16.0 Å². The van der Waals surface area contributed by atoms with Gasteiger partial charge in [0.15, 0.2) is 5.11 Å². The van der Waals surface area contributed by atoms with Crippen LogP contribution in [0.1, 0.15) is 24.8 Å². The van der Waals surface area contributed by atoms with Crippen LogP contribution in [0.25, 0.3) is 0 Å². The first-order valence-corrected chi connectivity index (χ1v) is 10.6. The van der Waals surface area contributed by atoms with E-state index in [0.717, 1.165) is 5.56 Å². The first-order valence-electron chi connectivity index (χ1n) is 9.05. The van der Waals surface area contributed by atoms with E-state index in [1.165, 1.54) is 0 Å². The molecular weight excluding hydrogens is 469 g/mol. The van der Waals surface area contributed by atoms with Gasteiger partial charge >= 0.3 is 0 Å². The van der Waals surface area contributed by atoms with E-state index in [9.17, 15) is 9.59 Å². The zero-order valence-electron chi connectivity index (χ0n) is 15.8. The van der Waals surface area contributed by atoms with Crippen LogP contribution in [0.4, 0.5) is 0 Å². The Morgan fingerprint density at radius 1 is 0.933 bits per heavy atom. The van der Waals surface area contributed by atoms with E-state index in [1.54, 1.807) is 24.3 Å². The Labute approximate surface area is 195 Å². The summed E-state index contributed by atoms with van der Waals surface area (Å²) in [5.41, 5.74) is 5.80. The Morgan fingerprint density at radius 2 is 1.70 bits per heavy atom. The van der Waals surface area contributed by atoms with E-state index in [1.807, 2.05) is 18.2 Å². The molecule has 0 spiro atoms. The SMILES string of the molecule is O=C(CCCOc1ccc(Cl)cc1Cl)NNC(=S)NC(=O)CCc1ccccc1Cl. The van der Waals surface area contributed by atoms with Gasteiger partial charge in [0, 0.05) is 22.9 Å². The molecule has 2 aromatic carbocycles. The van der Waals surface area contributed by atoms with Crippen molar-refractivity contribution >= 4 is 63.9 Å². The molecule has 160 valence electrons. The van der Waals surface area contributed by atoms with Gasteiger partial charge in [-0.05, 0) is 54.9 Å². The number of halogens is 3. The van der Waals surface area contributed by atoms with Crippen LogP contribution in [0.2, 0.25) is 15.1 Å². The molecule has 30 heavy (non-hydrogen) atoms. The number of hydrogen-bond acceptors (Lipinski definition) is 4. The second-order valence-electron chi connectivity index (χ2n) is 6.17. The van der Waals surface area contributed by atoms with Crippen molar-refractivity contribution in [1.29, 1.82) is 0 Å². The topological polar surface area (TPSA) is 79.5 Å². The third-order valence-electron chi connectivity index (χ3n) is 3.85. The molecule has 3 N–H and O–H groups in total. The highest BCUT2D eigenvalue weighted by atomic mass is 35.5. The Hall–Kier alpha value is -2.06. The molecule has 0 saturated carbocycles. The number of carbonyl (C=O) groups is 2. The Kier molecular flexibility index (Phi) is 10.2. The highest BCUT2D eigenvalue weighted by molar-refractivity contribution is 7.80. The number of nitrogens with one attached hydrogen (secondary N) is 3. The molecular formula is C20H20Cl3N3O3S. The summed E-state index contributed by atoms with van der Waals surface area (Å²) in [5.74, 6) is -0.0799. The minimum absolute atomic E-state index is 0.0108. The average molecular weight is 489 g/mol. The predicted molar refractivity (Wildman–Crippen MR) is 123 cm³/mol. The monoisotopic (exact) mass is 487 g/mol. The number of carbonyl (C=O) groups excluding carboxylic acids is 2. The van der Waals surface area contributed by atoms with Gasteiger partial charge in [-0.2, -0.15) is 0 Å². The zero-order chi connectivity index (χ0) is 21.9. The highest BCUT2D eigenvalue weighted by Gasteiger charge is 2.08. The molecule has 0 unspecified atom stereocenters. The molecule has 0 aliphatic carbocycles. The Bertz CT molecular complexity index is 912. The molecule has 0 bridgehead atoms. The standard InChI is InChI=1S/C20H20Cl3N3O3S/c21-14-8-9-17(16(23)12-14)29-11-3-6-19(28)25-26-20(30)24-18(27)10-7-13-4-1-2-5-15(13)22/h1-2,4-5,8-9,12H,3,6-7,10-11H2,(H,25,28)(H2,24,26,27,30). The summed E-state index contributed by atoms with van der Waals surface area (Å²) < 4.78 is 5.51. The minimum Gasteiger partial charge on any atom is -0.492 e. The normalized spacial score (nSPS) is 10.2. The maximum atomic E-state index is 11.9. The molecule has 0 aromatic heterocycles. The van der Waals surface area contributed by atoms with Gasteiger partial charge in [-0.3, -0.25) is 20.4 Å². The fourth-order valence-electron chi connectivity index (χ4n) is 2.37. The average Bonchev–Trinajstić information content (AvgIpc) is 2.70. The zero-order valence-corrected chi connectivity index (χ0v) is 18.9. The predicted octanol–water partition coefficient (Wildman–Crippen LogP) is 4.46. The van der Waals surface area contributed by atoms with Crippen molar-refractivity contribution in [3.05, 3.63) is 63.1 Å². The van der Waals surface area contributed by atoms with Crippen LogP contribution in [0.3, 0.4) is 0 Å². The molecule has 2 aromatic rings. The fourth-order valence-corrected chi connectivity index (χ4v) is 3.22. The van der Waals surface area contributed by atoms with Crippen LogP contribution >= 0.6 is 47.0 Å². The van der Waals surface area contributed by atoms with Crippen molar-refractivity contribution in [2.75, 3.05) is 6.61 Å². The van der Waals surface area contributed by atoms with Crippen LogP contribution in [0.15, 0.2) is 42.5 Å². The molecule has 10 heteroatoms. The van der Waals surface area contributed by atoms with Crippen molar-refractivity contribution in [1.82, 2.24) is 16.2 Å². The van der Waals surface area contributed by atoms with E-state index in [4.69, 9.17) is 51.8 Å². The first kappa shape index (κ1) is 24.2. The number of aryl methyl sites for hydroxylation is 1. The number of ether oxygens (including phenoxy) is 1. The van der Waals surface area contributed by atoms with Crippen molar-refractivity contribution in [3.8, 4) is 5.75 Å². The third kappa shape index (κ3) is 8.75. The molecule has 2 amide bonds. The van der Waals surface area contributed by atoms with Gasteiger partial charge in [-0.15, -0.1) is 0 Å². The van der Waals surface area contributed by atoms with Crippen molar-refractivity contribution in [2.24, 2.45) is 0 Å². The second kappa shape index (κ2) is 12.6. The molecule has 2 rings (SSSR count). The van der Waals surface area contributed by atoms with Crippen LogP contribution in [0, 0.1) is 0 Å². The summed E-state index contributed by atoms with van der Waals surface area (Å²) in [7, 11) is 0. The highest BCUT2D eigenvalue weighted by Crippen LogP contribution is 2.27. The summed E-state index contributed by atoms with van der Waals surface area (Å²) >= 11 is 22.9. The summed E-state index contributed by atoms with van der Waals surface area (Å²) in [5, 5.41) is 4.05. The number of thiocarbonyl (C=S) groups is 1. The van der Waals surface area contributed by atoms with E-state index in [0.29, 0.717) is 40.3 Å². The summed E-state index contributed by atoms with van der Waals surface area (Å²) in [4.78, 5) is 23.8. The lowest BCUT2D eigenvalue weighted by atomic mass is 10.1. The van der Waals surface area contributed by atoms with Gasteiger partial charge in [0.25, 0.3) is 0 Å². The maximum absolute atomic E-state index is 11.9. The van der Waals surface area contributed by atoms with Gasteiger partial charge in [-0.1, -0.05) is 53.0 Å². The molecule has 6 nitrogen and oxygen atoms in total. The number of rotatable bonds is 8. The van der Waals surface area contributed by atoms with Gasteiger partial charge in [0.2, 0.25) is 11.8 Å². The van der Waals surface area contributed by atoms with Crippen LogP contribution < -0.4 is 20.9 Å². The summed E-state index contributed by atoms with van der Waals surface area (Å²) in [6.07, 6.45) is 1.35. The van der Waals surface area contributed by atoms with Gasteiger partial charge < -0.3 is 10.1 Å². The van der Waals surface area contributed by atoms with E-state index >= 15 is 0 Å². The smallest absolute Gasteiger partial charge is 0.238 e. The van der Waals surface area contributed by atoms with E-state index < -0.39 is 0 Å². The molecule has 0 atom stereocenters. The fraction of sp³-hybridized carbons (Fsp3) is 0.250. The first-order chi connectivity index (χ1) is 14.3. The number of hydrazine groups is 1. The number of hydrogen-bond donors (Lipinski definition) is 3. The van der Waals surface area contributed by atoms with Gasteiger partial charge in [0.1, 0.15) is 5.75 Å². The maximum Gasteiger partial charge on any atom is 0.238 e. The molecule has 0 radical (unpaired) electrons. The number of benzene rings is 2. The van der Waals surface area contributed by atoms with Crippen molar-refractivity contribution < 1.29 is 14.3 Å². The largest absolute Gasteiger partial charge is 0.492 e. The molecule has 0 saturated heterocycles. The Morgan fingerprint density at radius 3 is 2.43 bits per heavy atom. The minimum atomic E-state index is -0.298. The van der Waals surface area contributed by atoms with Crippen LogP contribution in [0.5, 0.6) is 5.75 Å². The Balaban J connectivity index is 1.59. The summed E-state index contributed by atoms with van der Waals surface area (Å²) in [6.45, 7) is 0.304. The lowest BCUT2D eigenvalue weighted by Crippen LogP contribution is -2.48. The van der Waals surface area contributed by atoms with Crippen molar-refractivity contribution in [2.45, 2.75) is 25.7 Å². The number of amides is 2. The molecule has 0 aliphatic heterocycles. The quantitative estimate of drug-likeness (QED) is 0.290. The van der Waals surface area contributed by atoms with Crippen LogP contribution in [-0.4, -0.2) is 23.5 Å². The third-order valence-corrected chi connectivity index (χ3v) is 4.95. The lowest BCUT2D eigenvalue weighted by molar-refractivity contribution is -0.122. The van der Waals surface area contributed by atoms with Gasteiger partial charge in [0.05, 0.1) is 11.6 Å². The van der Waals surface area contributed by atoms with Gasteiger partial charge in [-0.25, -0.2) is 0 Å². The molecule has 0 fully saturated rings. The van der Waals surface area contributed by atoms with E-state index in [2.05, 4.69) is 16.2 Å². The summed E-state index contributed by atoms with van der Waals surface area (Å²) in [6, 6.07) is 12.2. The lowest BCUT2D eigenvalue weighted by Gasteiger charge is -2.11. The second-order valence-corrected chi connectivity index (χ2v) is 7.83. The molecule has 0 aliphatic rings.